The van der Waals surface area contributed by atoms with Crippen LogP contribution in [0.25, 0.3) is 11.1 Å². The Bertz CT molecular complexity index is 1110. The van der Waals surface area contributed by atoms with Crippen molar-refractivity contribution < 1.29 is 24.5 Å². The molecule has 0 heterocycles. The molecule has 0 aliphatic heterocycles. The fourth-order valence-electron chi connectivity index (χ4n) is 3.11. The molecule has 0 saturated heterocycles. The van der Waals surface area contributed by atoms with E-state index in [9.17, 15) is 19.8 Å². The number of aromatic carboxylic acids is 2. The third-order valence-corrected chi connectivity index (χ3v) is 4.99. The number of hydrogen-bond donors (Lipinski definition) is 2. The summed E-state index contributed by atoms with van der Waals surface area (Å²) in [6.07, 6.45) is 0. The monoisotopic (exact) mass is 430 g/mol. The van der Waals surface area contributed by atoms with Crippen LogP contribution in [-0.2, 0) is 6.61 Å². The smallest absolute Gasteiger partial charge is 0.336 e. The molecule has 7 heteroatoms. The number of carbonyl (C=O) groups is 2. The zero-order valence-electron chi connectivity index (χ0n) is 15.3. The molecule has 5 nitrogen and oxygen atoms in total. The van der Waals surface area contributed by atoms with Gasteiger partial charge in [0, 0.05) is 26.7 Å². The van der Waals surface area contributed by atoms with Crippen molar-refractivity contribution in [1.29, 1.82) is 0 Å². The zero-order valence-corrected chi connectivity index (χ0v) is 16.8. The van der Waals surface area contributed by atoms with Crippen LogP contribution in [0.4, 0.5) is 0 Å². The number of ether oxygens (including phenoxy) is 1. The van der Waals surface area contributed by atoms with Crippen LogP contribution >= 0.6 is 23.2 Å². The SMILES string of the molecule is Cc1cc(C(=O)O)c(-c2ccccc2Cl)c(C(=O)O)c1COc1cccc(Cl)c1. The molecule has 0 unspecified atom stereocenters. The molecule has 3 aromatic carbocycles. The van der Waals surface area contributed by atoms with Gasteiger partial charge in [0.1, 0.15) is 12.4 Å². The molecule has 0 radical (unpaired) electrons. The van der Waals surface area contributed by atoms with Crippen molar-refractivity contribution in [3.05, 3.63) is 86.9 Å². The van der Waals surface area contributed by atoms with Gasteiger partial charge in [-0.2, -0.15) is 0 Å². The number of aryl methyl sites for hydroxylation is 1. The van der Waals surface area contributed by atoms with Gasteiger partial charge in [-0.15, -0.1) is 0 Å². The maximum atomic E-state index is 12.2. The molecule has 0 amide bonds. The van der Waals surface area contributed by atoms with Crippen LogP contribution in [0.5, 0.6) is 5.75 Å². The molecule has 0 aliphatic rings. The fraction of sp³-hybridized carbons (Fsp3) is 0.0909. The first-order chi connectivity index (χ1) is 13.8. The molecule has 29 heavy (non-hydrogen) atoms. The summed E-state index contributed by atoms with van der Waals surface area (Å²) in [5, 5.41) is 20.4. The standard InChI is InChI=1S/C22H16Cl2O5/c1-12-9-16(21(25)26)19(15-7-2-3-8-18(15)24)20(22(27)28)17(12)11-29-14-6-4-5-13(23)10-14/h2-10H,11H2,1H3,(H,25,26)(H,27,28). The number of halogens is 2. The summed E-state index contributed by atoms with van der Waals surface area (Å²) in [5.74, 6) is -2.04. The maximum Gasteiger partial charge on any atom is 0.336 e. The minimum Gasteiger partial charge on any atom is -0.489 e. The molecule has 0 atom stereocenters. The van der Waals surface area contributed by atoms with E-state index in [1.807, 2.05) is 0 Å². The third-order valence-electron chi connectivity index (χ3n) is 4.42. The summed E-state index contributed by atoms with van der Waals surface area (Å²) >= 11 is 12.2. The van der Waals surface area contributed by atoms with Gasteiger partial charge in [0.2, 0.25) is 0 Å². The van der Waals surface area contributed by atoms with Gasteiger partial charge in [-0.25, -0.2) is 9.59 Å². The fourth-order valence-corrected chi connectivity index (χ4v) is 3.52. The van der Waals surface area contributed by atoms with Crippen LogP contribution in [0, 0.1) is 6.92 Å². The Morgan fingerprint density at radius 2 is 1.69 bits per heavy atom. The molecule has 0 bridgehead atoms. The molecule has 0 spiro atoms. The highest BCUT2D eigenvalue weighted by Gasteiger charge is 2.27. The summed E-state index contributed by atoms with van der Waals surface area (Å²) in [6, 6.07) is 14.7. The van der Waals surface area contributed by atoms with E-state index in [2.05, 4.69) is 0 Å². The van der Waals surface area contributed by atoms with Crippen LogP contribution in [0.3, 0.4) is 0 Å². The average Bonchev–Trinajstić information content (AvgIpc) is 2.66. The van der Waals surface area contributed by atoms with E-state index in [4.69, 9.17) is 27.9 Å². The summed E-state index contributed by atoms with van der Waals surface area (Å²) in [7, 11) is 0. The highest BCUT2D eigenvalue weighted by Crippen LogP contribution is 2.37. The number of carboxylic acid groups (broad SMARTS) is 2. The van der Waals surface area contributed by atoms with E-state index in [1.165, 1.54) is 6.07 Å². The molecular formula is C22H16Cl2O5. The second-order valence-corrected chi connectivity index (χ2v) is 7.15. The lowest BCUT2D eigenvalue weighted by atomic mass is 9.88. The van der Waals surface area contributed by atoms with Crippen molar-refractivity contribution in [2.24, 2.45) is 0 Å². The summed E-state index contributed by atoms with van der Waals surface area (Å²) < 4.78 is 5.74. The van der Waals surface area contributed by atoms with Crippen molar-refractivity contribution >= 4 is 35.1 Å². The lowest BCUT2D eigenvalue weighted by Gasteiger charge is -2.19. The Kier molecular flexibility index (Phi) is 6.11. The average molecular weight is 431 g/mol. The van der Waals surface area contributed by atoms with Crippen LogP contribution in [0.1, 0.15) is 31.8 Å². The van der Waals surface area contributed by atoms with Gasteiger partial charge < -0.3 is 14.9 Å². The van der Waals surface area contributed by atoms with Crippen molar-refractivity contribution in [2.45, 2.75) is 13.5 Å². The number of rotatable bonds is 6. The lowest BCUT2D eigenvalue weighted by Crippen LogP contribution is -2.14. The van der Waals surface area contributed by atoms with E-state index in [1.54, 1.807) is 55.5 Å². The van der Waals surface area contributed by atoms with Crippen LogP contribution in [-0.4, -0.2) is 22.2 Å². The second kappa shape index (κ2) is 8.55. The topological polar surface area (TPSA) is 83.8 Å². The molecule has 3 rings (SSSR count). The van der Waals surface area contributed by atoms with E-state index >= 15 is 0 Å². The number of benzene rings is 3. The van der Waals surface area contributed by atoms with E-state index < -0.39 is 11.9 Å². The molecular weight excluding hydrogens is 415 g/mol. The maximum absolute atomic E-state index is 12.2. The highest BCUT2D eigenvalue weighted by atomic mass is 35.5. The molecule has 0 aliphatic carbocycles. The van der Waals surface area contributed by atoms with Crippen LogP contribution in [0.2, 0.25) is 10.0 Å². The van der Waals surface area contributed by atoms with E-state index in [0.717, 1.165) is 0 Å². The quantitative estimate of drug-likeness (QED) is 0.504. The Labute approximate surface area is 177 Å². The van der Waals surface area contributed by atoms with Crippen molar-refractivity contribution in [3.8, 4) is 16.9 Å². The first-order valence-electron chi connectivity index (χ1n) is 8.56. The Morgan fingerprint density at radius 1 is 0.966 bits per heavy atom. The Balaban J connectivity index is 2.21. The second-order valence-electron chi connectivity index (χ2n) is 6.31. The molecule has 3 aromatic rings. The van der Waals surface area contributed by atoms with Gasteiger partial charge in [0.15, 0.2) is 0 Å². The Hall–Kier alpha value is -3.02. The minimum atomic E-state index is -1.27. The minimum absolute atomic E-state index is 0.0471. The largest absolute Gasteiger partial charge is 0.489 e. The molecule has 0 saturated carbocycles. The molecule has 148 valence electrons. The first-order valence-corrected chi connectivity index (χ1v) is 9.31. The molecule has 2 N–H and O–H groups in total. The van der Waals surface area contributed by atoms with Crippen molar-refractivity contribution in [1.82, 2.24) is 0 Å². The molecule has 0 fully saturated rings. The predicted octanol–water partition coefficient (Wildman–Crippen LogP) is 5.94. The number of carboxylic acids is 2. The lowest BCUT2D eigenvalue weighted by molar-refractivity contribution is 0.0694. The van der Waals surface area contributed by atoms with Gasteiger partial charge >= 0.3 is 11.9 Å². The van der Waals surface area contributed by atoms with Crippen LogP contribution < -0.4 is 4.74 Å². The van der Waals surface area contributed by atoms with Crippen LogP contribution in [0.15, 0.2) is 54.6 Å². The summed E-state index contributed by atoms with van der Waals surface area (Å²) in [4.78, 5) is 24.1. The van der Waals surface area contributed by atoms with Crippen molar-refractivity contribution in [3.63, 3.8) is 0 Å². The highest BCUT2D eigenvalue weighted by molar-refractivity contribution is 6.34. The van der Waals surface area contributed by atoms with Gasteiger partial charge in [0.05, 0.1) is 11.1 Å². The van der Waals surface area contributed by atoms with Gasteiger partial charge in [-0.1, -0.05) is 47.5 Å². The van der Waals surface area contributed by atoms with Crippen molar-refractivity contribution in [2.75, 3.05) is 0 Å². The summed E-state index contributed by atoms with van der Waals surface area (Å²) in [6.45, 7) is 1.57. The first kappa shape index (κ1) is 20.7. The van der Waals surface area contributed by atoms with E-state index in [0.29, 0.717) is 27.5 Å². The predicted molar refractivity (Wildman–Crippen MR) is 111 cm³/mol. The zero-order chi connectivity index (χ0) is 21.1. The molecule has 0 aromatic heterocycles. The number of hydrogen-bond acceptors (Lipinski definition) is 3. The van der Waals surface area contributed by atoms with Gasteiger partial charge in [-0.3, -0.25) is 0 Å². The third kappa shape index (κ3) is 4.36. The summed E-state index contributed by atoms with van der Waals surface area (Å²) in [5.41, 5.74) is 0.922. The van der Waals surface area contributed by atoms with E-state index in [-0.39, 0.29) is 28.3 Å². The normalized spacial score (nSPS) is 10.6. The van der Waals surface area contributed by atoms with Gasteiger partial charge in [-0.05, 0) is 42.8 Å². The van der Waals surface area contributed by atoms with Gasteiger partial charge in [0.25, 0.3) is 0 Å². The Morgan fingerprint density at radius 3 is 2.31 bits per heavy atom.